The molecular weight excluding hydrogens is 490 g/mol. The molecule has 0 spiro atoms. The zero-order valence-corrected chi connectivity index (χ0v) is 21.4. The normalized spacial score (nSPS) is 11.1. The van der Waals surface area contributed by atoms with Gasteiger partial charge in [0, 0.05) is 38.4 Å². The number of carbonyl (C=O) groups excluding carboxylic acids is 2. The van der Waals surface area contributed by atoms with E-state index in [2.05, 4.69) is 10.6 Å². The minimum atomic E-state index is -4.20. The first-order chi connectivity index (χ1) is 17.2. The van der Waals surface area contributed by atoms with Crippen molar-refractivity contribution in [3.8, 4) is 17.2 Å². The third-order valence-electron chi connectivity index (χ3n) is 4.86. The Morgan fingerprint density at radius 1 is 0.972 bits per heavy atom. The van der Waals surface area contributed by atoms with Crippen molar-refractivity contribution in [3.63, 3.8) is 0 Å². The van der Waals surface area contributed by atoms with Gasteiger partial charge in [-0.05, 0) is 42.3 Å². The summed E-state index contributed by atoms with van der Waals surface area (Å²) in [4.78, 5) is 23.7. The van der Waals surface area contributed by atoms with Crippen LogP contribution in [0.15, 0.2) is 47.4 Å². The summed E-state index contributed by atoms with van der Waals surface area (Å²) in [6.45, 7) is 0.626. The highest BCUT2D eigenvalue weighted by atomic mass is 32.2. The van der Waals surface area contributed by atoms with Gasteiger partial charge in [0.15, 0.2) is 0 Å². The summed E-state index contributed by atoms with van der Waals surface area (Å²) in [7, 11) is 1.68. The molecule has 2 aromatic rings. The molecule has 0 aliphatic rings. The molecule has 0 heterocycles. The Hall–Kier alpha value is -3.77. The number of sulfonamides is 1. The van der Waals surface area contributed by atoms with Crippen LogP contribution >= 0.6 is 0 Å². The van der Waals surface area contributed by atoms with Crippen LogP contribution in [-0.4, -0.2) is 68.5 Å². The van der Waals surface area contributed by atoms with Crippen molar-refractivity contribution in [2.45, 2.75) is 11.3 Å². The largest absolute Gasteiger partial charge is 0.497 e. The van der Waals surface area contributed by atoms with Gasteiger partial charge in [0.2, 0.25) is 5.91 Å². The van der Waals surface area contributed by atoms with E-state index in [0.717, 1.165) is 0 Å². The number of amides is 3. The molecule has 2 aromatic carbocycles. The smallest absolute Gasteiger partial charge is 0.328 e. The third kappa shape index (κ3) is 8.47. The van der Waals surface area contributed by atoms with E-state index in [1.165, 1.54) is 39.5 Å². The van der Waals surface area contributed by atoms with Gasteiger partial charge in [0.1, 0.15) is 28.8 Å². The number of hydrogen-bond donors (Lipinski definition) is 3. The first kappa shape index (κ1) is 28.5. The highest BCUT2D eigenvalue weighted by molar-refractivity contribution is 7.90. The van der Waals surface area contributed by atoms with Gasteiger partial charge in [0.05, 0.1) is 20.8 Å². The molecular formula is C24H31N3O8S. The fourth-order valence-corrected chi connectivity index (χ4v) is 4.17. The predicted molar refractivity (Wildman–Crippen MR) is 134 cm³/mol. The summed E-state index contributed by atoms with van der Waals surface area (Å²) in [5.74, 6) is 0.940. The van der Waals surface area contributed by atoms with Crippen molar-refractivity contribution in [3.05, 3.63) is 53.6 Å². The molecule has 196 valence electrons. The van der Waals surface area contributed by atoms with Crippen LogP contribution in [-0.2, 0) is 26.0 Å². The van der Waals surface area contributed by atoms with Gasteiger partial charge in [0.25, 0.3) is 10.0 Å². The SMILES string of the molecule is CNC(=O)NS(=O)(=O)c1cc(CCNC(=O)C=Cc2ccc(OC)cc2OC)ccc1OCCOC. The number of nitrogens with one attached hydrogen (secondary N) is 3. The minimum Gasteiger partial charge on any atom is -0.497 e. The second kappa shape index (κ2) is 14.0. The minimum absolute atomic E-state index is 0.0765. The molecule has 12 heteroatoms. The Morgan fingerprint density at radius 3 is 2.42 bits per heavy atom. The molecule has 0 fully saturated rings. The van der Waals surface area contributed by atoms with Gasteiger partial charge in [-0.1, -0.05) is 6.07 Å². The van der Waals surface area contributed by atoms with Crippen molar-refractivity contribution in [1.29, 1.82) is 0 Å². The molecule has 2 rings (SSSR count). The fourth-order valence-electron chi connectivity index (χ4n) is 3.01. The Morgan fingerprint density at radius 2 is 1.75 bits per heavy atom. The highest BCUT2D eigenvalue weighted by Gasteiger charge is 2.22. The first-order valence-corrected chi connectivity index (χ1v) is 12.4. The van der Waals surface area contributed by atoms with Crippen molar-refractivity contribution in [1.82, 2.24) is 15.4 Å². The fraction of sp³-hybridized carbons (Fsp3) is 0.333. The predicted octanol–water partition coefficient (Wildman–Crippen LogP) is 1.72. The molecule has 0 bridgehead atoms. The van der Waals surface area contributed by atoms with Crippen LogP contribution in [0.4, 0.5) is 4.79 Å². The molecule has 11 nitrogen and oxygen atoms in total. The van der Waals surface area contributed by atoms with Gasteiger partial charge >= 0.3 is 6.03 Å². The molecule has 0 aromatic heterocycles. The zero-order chi connectivity index (χ0) is 26.6. The van der Waals surface area contributed by atoms with Crippen molar-refractivity contribution < 1.29 is 37.0 Å². The van der Waals surface area contributed by atoms with Crippen molar-refractivity contribution >= 4 is 28.0 Å². The first-order valence-electron chi connectivity index (χ1n) is 10.9. The van der Waals surface area contributed by atoms with Crippen LogP contribution in [0.3, 0.4) is 0 Å². The molecule has 0 aliphatic heterocycles. The van der Waals surface area contributed by atoms with E-state index in [4.69, 9.17) is 18.9 Å². The molecule has 0 unspecified atom stereocenters. The number of hydrogen-bond acceptors (Lipinski definition) is 8. The van der Waals surface area contributed by atoms with Gasteiger partial charge in [-0.2, -0.15) is 0 Å². The monoisotopic (exact) mass is 521 g/mol. The summed E-state index contributed by atoms with van der Waals surface area (Å²) in [5.41, 5.74) is 1.32. The third-order valence-corrected chi connectivity index (χ3v) is 6.22. The Kier molecular flexibility index (Phi) is 11.0. The summed E-state index contributed by atoms with van der Waals surface area (Å²) in [5, 5.41) is 4.95. The van der Waals surface area contributed by atoms with E-state index in [-0.39, 0.29) is 36.3 Å². The van der Waals surface area contributed by atoms with Crippen molar-refractivity contribution in [2.24, 2.45) is 0 Å². The average molecular weight is 522 g/mol. The number of methoxy groups -OCH3 is 3. The Balaban J connectivity index is 2.08. The van der Waals surface area contributed by atoms with Crippen LogP contribution < -0.4 is 29.6 Å². The molecule has 0 saturated carbocycles. The molecule has 0 radical (unpaired) electrons. The number of urea groups is 1. The van der Waals surface area contributed by atoms with E-state index in [9.17, 15) is 18.0 Å². The van der Waals surface area contributed by atoms with Crippen LogP contribution in [0.2, 0.25) is 0 Å². The van der Waals surface area contributed by atoms with Gasteiger partial charge in [-0.25, -0.2) is 17.9 Å². The molecule has 0 atom stereocenters. The standard InChI is InChI=1S/C24H31N3O8S/c1-25-24(29)27-36(30,31)22-15-17(5-9-20(22)35-14-13-32-2)11-12-26-23(28)10-7-18-6-8-19(33-3)16-21(18)34-4/h5-10,15-16H,11-14H2,1-4H3,(H,26,28)(H2,25,27,29). The zero-order valence-electron chi connectivity index (χ0n) is 20.6. The average Bonchev–Trinajstić information content (AvgIpc) is 2.87. The maximum Gasteiger partial charge on any atom is 0.328 e. The van der Waals surface area contributed by atoms with Crippen LogP contribution in [0, 0.1) is 0 Å². The van der Waals surface area contributed by atoms with E-state index in [1.54, 1.807) is 37.5 Å². The summed E-state index contributed by atoms with van der Waals surface area (Å²) in [6, 6.07) is 8.95. The van der Waals surface area contributed by atoms with E-state index in [0.29, 0.717) is 29.0 Å². The topological polar surface area (TPSA) is 141 Å². The highest BCUT2D eigenvalue weighted by Crippen LogP contribution is 2.26. The molecule has 0 aliphatic carbocycles. The van der Waals surface area contributed by atoms with Crippen molar-refractivity contribution in [2.75, 3.05) is 48.1 Å². The summed E-state index contributed by atoms with van der Waals surface area (Å²) in [6.07, 6.45) is 3.33. The van der Waals surface area contributed by atoms with E-state index < -0.39 is 16.1 Å². The maximum absolute atomic E-state index is 12.7. The van der Waals surface area contributed by atoms with E-state index in [1.807, 2.05) is 4.72 Å². The second-order valence-corrected chi connectivity index (χ2v) is 8.94. The lowest BCUT2D eigenvalue weighted by atomic mass is 10.1. The Bertz CT molecular complexity index is 1180. The van der Waals surface area contributed by atoms with Gasteiger partial charge in [-0.3, -0.25) is 4.79 Å². The van der Waals surface area contributed by atoms with Gasteiger partial charge in [-0.15, -0.1) is 0 Å². The molecule has 0 saturated heterocycles. The number of ether oxygens (including phenoxy) is 4. The molecule has 3 N–H and O–H groups in total. The van der Waals surface area contributed by atoms with Crippen LogP contribution in [0.1, 0.15) is 11.1 Å². The Labute approximate surface area is 210 Å². The summed E-state index contributed by atoms with van der Waals surface area (Å²) >= 11 is 0. The van der Waals surface area contributed by atoms with E-state index >= 15 is 0 Å². The number of carbonyl (C=O) groups is 2. The van der Waals surface area contributed by atoms with Gasteiger partial charge < -0.3 is 29.6 Å². The summed E-state index contributed by atoms with van der Waals surface area (Å²) < 4.78 is 48.3. The lowest BCUT2D eigenvalue weighted by Crippen LogP contribution is -2.37. The number of rotatable bonds is 13. The molecule has 3 amide bonds. The second-order valence-electron chi connectivity index (χ2n) is 7.29. The number of benzene rings is 2. The molecule has 36 heavy (non-hydrogen) atoms. The van der Waals surface area contributed by atoms with Crippen LogP contribution in [0.5, 0.6) is 17.2 Å². The quantitative estimate of drug-likeness (QED) is 0.267. The maximum atomic E-state index is 12.7. The van der Waals surface area contributed by atoms with Crippen LogP contribution in [0.25, 0.3) is 6.08 Å². The lowest BCUT2D eigenvalue weighted by molar-refractivity contribution is -0.116. The lowest BCUT2D eigenvalue weighted by Gasteiger charge is -2.14.